The van der Waals surface area contributed by atoms with Crippen molar-refractivity contribution in [3.63, 3.8) is 0 Å². The predicted molar refractivity (Wildman–Crippen MR) is 123 cm³/mol. The Balaban J connectivity index is 1.50. The van der Waals surface area contributed by atoms with Crippen LogP contribution in [0.4, 0.5) is 5.69 Å². The number of carbonyl (C=O) groups excluding carboxylic acids is 2. The summed E-state index contributed by atoms with van der Waals surface area (Å²) >= 11 is 7.57. The van der Waals surface area contributed by atoms with Gasteiger partial charge in [0, 0.05) is 29.9 Å². The molecule has 1 aliphatic rings. The number of thioether (sulfide) groups is 1. The highest BCUT2D eigenvalue weighted by molar-refractivity contribution is 8.00. The summed E-state index contributed by atoms with van der Waals surface area (Å²) in [6.07, 6.45) is 0. The van der Waals surface area contributed by atoms with Crippen LogP contribution < -0.4 is 4.90 Å². The first-order valence-corrected chi connectivity index (χ1v) is 11.0. The zero-order valence-corrected chi connectivity index (χ0v) is 18.1. The Morgan fingerprint density at radius 1 is 1.03 bits per heavy atom. The summed E-state index contributed by atoms with van der Waals surface area (Å²) < 4.78 is 0. The molecule has 6 heteroatoms. The molecule has 30 heavy (non-hydrogen) atoms. The quantitative estimate of drug-likeness (QED) is 0.538. The molecule has 0 bridgehead atoms. The number of benzene rings is 3. The monoisotopic (exact) mass is 436 g/mol. The lowest BCUT2D eigenvalue weighted by atomic mass is 10.1. The van der Waals surface area contributed by atoms with Gasteiger partial charge in [-0.15, -0.1) is 11.8 Å². The fraction of sp³-hybridized carbons (Fsp3) is 0.167. The smallest absolute Gasteiger partial charge is 0.258 e. The Morgan fingerprint density at radius 2 is 1.70 bits per heavy atom. The molecule has 0 aliphatic carbocycles. The predicted octanol–water partition coefficient (Wildman–Crippen LogP) is 5.39. The summed E-state index contributed by atoms with van der Waals surface area (Å²) in [7, 11) is 1.77. The van der Waals surface area contributed by atoms with Gasteiger partial charge in [-0.2, -0.15) is 0 Å². The molecule has 2 amide bonds. The molecule has 0 radical (unpaired) electrons. The van der Waals surface area contributed by atoms with Gasteiger partial charge in [0.1, 0.15) is 5.37 Å². The van der Waals surface area contributed by atoms with E-state index in [1.54, 1.807) is 23.7 Å². The third-order valence-corrected chi connectivity index (χ3v) is 6.63. The van der Waals surface area contributed by atoms with E-state index < -0.39 is 0 Å². The zero-order chi connectivity index (χ0) is 21.1. The summed E-state index contributed by atoms with van der Waals surface area (Å²) in [4.78, 5) is 28.8. The second-order valence-electron chi connectivity index (χ2n) is 7.13. The van der Waals surface area contributed by atoms with Crippen molar-refractivity contribution in [3.8, 4) is 0 Å². The van der Waals surface area contributed by atoms with Crippen LogP contribution in [0.5, 0.6) is 0 Å². The molecule has 1 atom stereocenters. The van der Waals surface area contributed by atoms with E-state index in [9.17, 15) is 9.59 Å². The number of halogens is 1. The van der Waals surface area contributed by atoms with Gasteiger partial charge in [-0.05, 0) is 47.5 Å². The molecular weight excluding hydrogens is 416 g/mol. The highest BCUT2D eigenvalue weighted by Gasteiger charge is 2.32. The van der Waals surface area contributed by atoms with Gasteiger partial charge in [-0.3, -0.25) is 9.59 Å². The van der Waals surface area contributed by atoms with E-state index in [-0.39, 0.29) is 17.2 Å². The standard InChI is InChI=1S/C24H21ClN2O2S/c1-26(21-5-3-2-4-6-21)23(29)18-9-11-19(12-10-18)24-27(22(28)16-30-24)15-17-7-13-20(25)14-8-17/h2-14,24H,15-16H2,1H3. The van der Waals surface area contributed by atoms with Crippen LogP contribution in [0.3, 0.4) is 0 Å². The summed E-state index contributed by atoms with van der Waals surface area (Å²) in [5.41, 5.74) is 3.51. The van der Waals surface area contributed by atoms with Gasteiger partial charge < -0.3 is 9.80 Å². The molecule has 1 fully saturated rings. The van der Waals surface area contributed by atoms with Crippen LogP contribution in [-0.4, -0.2) is 29.5 Å². The molecule has 1 unspecified atom stereocenters. The lowest BCUT2D eigenvalue weighted by Gasteiger charge is -2.25. The average molecular weight is 437 g/mol. The molecule has 0 aromatic heterocycles. The fourth-order valence-corrected chi connectivity index (χ4v) is 4.75. The van der Waals surface area contributed by atoms with Gasteiger partial charge >= 0.3 is 0 Å². The molecule has 0 saturated carbocycles. The third-order valence-electron chi connectivity index (χ3n) is 5.13. The molecule has 1 aliphatic heterocycles. The van der Waals surface area contributed by atoms with Crippen molar-refractivity contribution in [3.05, 3.63) is 101 Å². The summed E-state index contributed by atoms with van der Waals surface area (Å²) in [5.74, 6) is 0.500. The van der Waals surface area contributed by atoms with E-state index in [1.807, 2.05) is 83.8 Å². The van der Waals surface area contributed by atoms with E-state index in [4.69, 9.17) is 11.6 Å². The Hall–Kier alpha value is -2.76. The Morgan fingerprint density at radius 3 is 2.37 bits per heavy atom. The van der Waals surface area contributed by atoms with Crippen molar-refractivity contribution in [2.75, 3.05) is 17.7 Å². The number of hydrogen-bond acceptors (Lipinski definition) is 3. The molecule has 0 spiro atoms. The molecule has 4 rings (SSSR count). The van der Waals surface area contributed by atoms with Gasteiger partial charge in [-0.25, -0.2) is 0 Å². The lowest BCUT2D eigenvalue weighted by Crippen LogP contribution is -2.28. The first-order chi connectivity index (χ1) is 14.5. The lowest BCUT2D eigenvalue weighted by molar-refractivity contribution is -0.128. The molecule has 3 aromatic carbocycles. The molecule has 0 N–H and O–H groups in total. The van der Waals surface area contributed by atoms with Gasteiger partial charge in [-0.1, -0.05) is 54.1 Å². The molecule has 1 heterocycles. The zero-order valence-electron chi connectivity index (χ0n) is 16.5. The highest BCUT2D eigenvalue weighted by atomic mass is 35.5. The van der Waals surface area contributed by atoms with E-state index in [1.165, 1.54) is 0 Å². The summed E-state index contributed by atoms with van der Waals surface area (Å²) in [6.45, 7) is 0.533. The minimum Gasteiger partial charge on any atom is -0.322 e. The minimum absolute atomic E-state index is 0.0656. The van der Waals surface area contributed by atoms with Crippen LogP contribution in [0, 0.1) is 0 Å². The van der Waals surface area contributed by atoms with E-state index in [0.717, 1.165) is 16.8 Å². The van der Waals surface area contributed by atoms with Crippen molar-refractivity contribution in [1.29, 1.82) is 0 Å². The van der Waals surface area contributed by atoms with Crippen LogP contribution >= 0.6 is 23.4 Å². The first-order valence-electron chi connectivity index (χ1n) is 9.61. The maximum Gasteiger partial charge on any atom is 0.258 e. The van der Waals surface area contributed by atoms with Gasteiger partial charge in [0.2, 0.25) is 5.91 Å². The summed E-state index contributed by atoms with van der Waals surface area (Å²) in [5, 5.41) is 0.613. The van der Waals surface area contributed by atoms with E-state index in [2.05, 4.69) is 0 Å². The Labute approximate surface area is 185 Å². The van der Waals surface area contributed by atoms with E-state index >= 15 is 0 Å². The van der Waals surface area contributed by atoms with Gasteiger partial charge in [0.25, 0.3) is 5.91 Å². The van der Waals surface area contributed by atoms with Crippen molar-refractivity contribution >= 4 is 40.9 Å². The maximum absolute atomic E-state index is 12.8. The van der Waals surface area contributed by atoms with Crippen molar-refractivity contribution in [2.45, 2.75) is 11.9 Å². The van der Waals surface area contributed by atoms with Crippen LogP contribution in [0.25, 0.3) is 0 Å². The van der Waals surface area contributed by atoms with Gasteiger partial charge in [0.15, 0.2) is 0 Å². The first kappa shape index (κ1) is 20.5. The fourth-order valence-electron chi connectivity index (χ4n) is 3.44. The topological polar surface area (TPSA) is 40.6 Å². The number of rotatable bonds is 5. The molecule has 1 saturated heterocycles. The normalized spacial score (nSPS) is 16.0. The molecule has 4 nitrogen and oxygen atoms in total. The van der Waals surface area contributed by atoms with Crippen molar-refractivity contribution < 1.29 is 9.59 Å². The number of nitrogens with zero attached hydrogens (tertiary/aromatic N) is 2. The van der Waals surface area contributed by atoms with Crippen molar-refractivity contribution in [2.24, 2.45) is 0 Å². The molecular formula is C24H21ClN2O2S. The third kappa shape index (κ3) is 4.37. The maximum atomic E-state index is 12.8. The second-order valence-corrected chi connectivity index (χ2v) is 8.64. The van der Waals surface area contributed by atoms with Crippen LogP contribution in [0.15, 0.2) is 78.9 Å². The number of hydrogen-bond donors (Lipinski definition) is 0. The van der Waals surface area contributed by atoms with Crippen molar-refractivity contribution in [1.82, 2.24) is 4.90 Å². The second kappa shape index (κ2) is 8.94. The number of carbonyl (C=O) groups is 2. The number of para-hydroxylation sites is 1. The highest BCUT2D eigenvalue weighted by Crippen LogP contribution is 2.39. The van der Waals surface area contributed by atoms with Crippen LogP contribution in [0.1, 0.15) is 26.9 Å². The van der Waals surface area contributed by atoms with Gasteiger partial charge in [0.05, 0.1) is 5.75 Å². The Bertz CT molecular complexity index is 1040. The van der Waals surface area contributed by atoms with E-state index in [0.29, 0.717) is 22.9 Å². The molecule has 152 valence electrons. The largest absolute Gasteiger partial charge is 0.322 e. The number of anilines is 1. The number of amides is 2. The SMILES string of the molecule is CN(C(=O)c1ccc(C2SCC(=O)N2Cc2ccc(Cl)cc2)cc1)c1ccccc1. The van der Waals surface area contributed by atoms with Crippen LogP contribution in [-0.2, 0) is 11.3 Å². The Kier molecular flexibility index (Phi) is 6.11. The minimum atomic E-state index is -0.0686. The van der Waals surface area contributed by atoms with Crippen LogP contribution in [0.2, 0.25) is 5.02 Å². The molecule has 3 aromatic rings. The summed E-state index contributed by atoms with van der Waals surface area (Å²) in [6, 6.07) is 24.7. The average Bonchev–Trinajstić information content (AvgIpc) is 3.15.